The van der Waals surface area contributed by atoms with Gasteiger partial charge in [0.1, 0.15) is 23.6 Å². The summed E-state index contributed by atoms with van der Waals surface area (Å²) in [6, 6.07) is 29.5. The summed E-state index contributed by atoms with van der Waals surface area (Å²) >= 11 is 6.32. The summed E-state index contributed by atoms with van der Waals surface area (Å²) in [5.41, 5.74) is 5.81. The first-order valence-corrected chi connectivity index (χ1v) is 22.1. The van der Waals surface area contributed by atoms with Gasteiger partial charge in [0.05, 0.1) is 18.6 Å². The number of hydrogen-bond acceptors (Lipinski definition) is 7. The first kappa shape index (κ1) is 42.8. The van der Waals surface area contributed by atoms with Crippen molar-refractivity contribution in [2.45, 2.75) is 102 Å². The molecule has 0 saturated heterocycles. The molecule has 4 N–H and O–H groups in total. The van der Waals surface area contributed by atoms with Crippen molar-refractivity contribution in [1.29, 1.82) is 0 Å². The Morgan fingerprint density at radius 3 is 2.47 bits per heavy atom. The quantitative estimate of drug-likeness (QED) is 0.0808. The van der Waals surface area contributed by atoms with Crippen LogP contribution in [0, 0.1) is 11.8 Å². The lowest BCUT2D eigenvalue weighted by atomic mass is 9.59. The summed E-state index contributed by atoms with van der Waals surface area (Å²) in [4.78, 5) is 43.0. The molecule has 1 fully saturated rings. The molecule has 62 heavy (non-hydrogen) atoms. The number of anilines is 2. The molecule has 1 saturated carbocycles. The molecule has 1 amide bonds. The number of halogens is 1. The van der Waals surface area contributed by atoms with Crippen molar-refractivity contribution in [3.8, 4) is 11.5 Å². The molecule has 1 aromatic heterocycles. The van der Waals surface area contributed by atoms with E-state index in [1.165, 1.54) is 17.2 Å². The number of pyridine rings is 1. The number of amides is 1. The number of carbonyl (C=O) groups is 3. The van der Waals surface area contributed by atoms with Gasteiger partial charge in [-0.15, -0.1) is 0 Å². The van der Waals surface area contributed by atoms with Gasteiger partial charge in [0.25, 0.3) is 0 Å². The van der Waals surface area contributed by atoms with E-state index < -0.39 is 17.5 Å². The molecule has 11 heteroatoms. The summed E-state index contributed by atoms with van der Waals surface area (Å²) in [6.45, 7) is 5.03. The van der Waals surface area contributed by atoms with Crippen LogP contribution in [-0.2, 0) is 40.9 Å². The Morgan fingerprint density at radius 2 is 1.71 bits per heavy atom. The third kappa shape index (κ3) is 9.16. The average Bonchev–Trinajstić information content (AvgIpc) is 3.54. The third-order valence-corrected chi connectivity index (χ3v) is 13.7. The molecule has 3 aliphatic rings. The second-order valence-corrected chi connectivity index (χ2v) is 18.1. The highest BCUT2D eigenvalue weighted by Gasteiger charge is 2.54. The van der Waals surface area contributed by atoms with E-state index in [-0.39, 0.29) is 41.7 Å². The largest absolute Gasteiger partial charge is 0.493 e. The van der Waals surface area contributed by atoms with Crippen LogP contribution in [0.3, 0.4) is 0 Å². The molecular formula is C51H54ClN3O7. The number of carboxylic acid groups (broad SMARTS) is 2. The lowest BCUT2D eigenvalue weighted by molar-refractivity contribution is -0.144. The van der Waals surface area contributed by atoms with Gasteiger partial charge in [-0.2, -0.15) is 0 Å². The first-order valence-electron chi connectivity index (χ1n) is 21.8. The number of nitrogens with zero attached hydrogens (tertiary/aromatic N) is 1. The minimum atomic E-state index is -1.17. The van der Waals surface area contributed by atoms with E-state index in [4.69, 9.17) is 21.1 Å². The van der Waals surface area contributed by atoms with Gasteiger partial charge in [0.15, 0.2) is 0 Å². The third-order valence-electron chi connectivity index (χ3n) is 13.5. The Morgan fingerprint density at radius 1 is 0.903 bits per heavy atom. The van der Waals surface area contributed by atoms with Gasteiger partial charge in [0.2, 0.25) is 5.91 Å². The van der Waals surface area contributed by atoms with Crippen LogP contribution in [0.2, 0.25) is 5.02 Å². The highest BCUT2D eigenvalue weighted by atomic mass is 35.5. The number of nitrogens with one attached hydrogen (secondary N) is 2. The molecule has 3 atom stereocenters. The molecule has 5 aromatic rings. The van der Waals surface area contributed by atoms with Crippen molar-refractivity contribution in [2.75, 3.05) is 17.2 Å². The van der Waals surface area contributed by atoms with Crippen LogP contribution in [0.4, 0.5) is 11.4 Å². The highest BCUT2D eigenvalue weighted by molar-refractivity contribution is 6.30. The normalized spacial score (nSPS) is 21.9. The lowest BCUT2D eigenvalue weighted by Crippen LogP contribution is -2.53. The number of aryl methyl sites for hydroxylation is 1. The Kier molecular flexibility index (Phi) is 12.6. The number of aromatic nitrogens is 1. The minimum Gasteiger partial charge on any atom is -0.493 e. The molecule has 0 bridgehead atoms. The molecule has 8 rings (SSSR count). The monoisotopic (exact) mass is 855 g/mol. The van der Waals surface area contributed by atoms with E-state index >= 15 is 0 Å². The van der Waals surface area contributed by atoms with Gasteiger partial charge in [-0.25, -0.2) is 9.59 Å². The molecule has 10 nitrogen and oxygen atoms in total. The number of carbonyl (C=O) groups excluding carboxylic acids is 1. The summed E-state index contributed by atoms with van der Waals surface area (Å²) in [5, 5.41) is 27.6. The SMILES string of the molecule is C[C@@H](COc1ccnc2c1[C@H](C)CCC2)C[C@H]1Cc2ccc(OCc3cc(NC(=O)Cc4ccccc4)ccc3C(=O)O)cc2C12CCC(Nc1cccc(Cl)c1)(C(=O)O)CC2. The van der Waals surface area contributed by atoms with Crippen LogP contribution in [0.25, 0.3) is 0 Å². The first-order chi connectivity index (χ1) is 29.9. The van der Waals surface area contributed by atoms with Crippen molar-refractivity contribution in [2.24, 2.45) is 11.8 Å². The van der Waals surface area contributed by atoms with E-state index in [0.29, 0.717) is 65.9 Å². The zero-order valence-electron chi connectivity index (χ0n) is 35.3. The number of hydrogen-bond donors (Lipinski definition) is 4. The number of aliphatic carboxylic acids is 1. The fraction of sp³-hybridized carbons (Fsp3) is 0.373. The Balaban J connectivity index is 1.03. The van der Waals surface area contributed by atoms with Crippen molar-refractivity contribution < 1.29 is 34.1 Å². The van der Waals surface area contributed by atoms with Crippen LogP contribution >= 0.6 is 11.6 Å². The van der Waals surface area contributed by atoms with Crippen LogP contribution in [0.5, 0.6) is 11.5 Å². The molecular weight excluding hydrogens is 802 g/mol. The van der Waals surface area contributed by atoms with Gasteiger partial charge < -0.3 is 30.3 Å². The topological polar surface area (TPSA) is 147 Å². The number of ether oxygens (including phenoxy) is 2. The predicted octanol–water partition coefficient (Wildman–Crippen LogP) is 10.7. The van der Waals surface area contributed by atoms with Crippen molar-refractivity contribution in [3.63, 3.8) is 0 Å². The van der Waals surface area contributed by atoms with Gasteiger partial charge in [0, 0.05) is 39.4 Å². The Hall–Kier alpha value is -5.87. The number of carboxylic acids is 2. The Labute approximate surface area is 368 Å². The lowest BCUT2D eigenvalue weighted by Gasteiger charge is -2.47. The molecule has 322 valence electrons. The molecule has 0 aliphatic heterocycles. The van der Waals surface area contributed by atoms with E-state index in [2.05, 4.69) is 41.6 Å². The van der Waals surface area contributed by atoms with Gasteiger partial charge in [-0.05, 0) is 152 Å². The van der Waals surface area contributed by atoms with E-state index in [1.807, 2.05) is 60.8 Å². The molecule has 1 heterocycles. The average molecular weight is 856 g/mol. The van der Waals surface area contributed by atoms with Crippen LogP contribution in [0.1, 0.15) is 109 Å². The zero-order chi connectivity index (χ0) is 43.4. The zero-order valence-corrected chi connectivity index (χ0v) is 36.0. The second kappa shape index (κ2) is 18.2. The van der Waals surface area contributed by atoms with E-state index in [9.17, 15) is 24.6 Å². The van der Waals surface area contributed by atoms with E-state index in [1.54, 1.807) is 24.3 Å². The fourth-order valence-corrected chi connectivity index (χ4v) is 10.5. The molecule has 3 aliphatic carbocycles. The maximum absolute atomic E-state index is 13.1. The van der Waals surface area contributed by atoms with Crippen molar-refractivity contribution in [3.05, 3.63) is 147 Å². The summed E-state index contributed by atoms with van der Waals surface area (Å²) in [6.07, 6.45) is 9.13. The predicted molar refractivity (Wildman–Crippen MR) is 241 cm³/mol. The standard InChI is InChI=1S/C51H54ClN3O7/c1-32(30-62-45-18-23-53-44-13-6-8-33(2)47(44)45)24-37-26-35-14-16-41(29-43(35)50(37)19-21-51(22-20-50,49(59)60)55-40-12-7-11-38(52)28-40)61-31-36-27-39(15-17-42(36)48(57)58)54-46(56)25-34-9-4-3-5-10-34/h3-5,7,9-12,14-18,23,27-29,32-33,37,55H,6,8,13,19-22,24-26,30-31H2,1-2H3,(H,54,56)(H,57,58)(H,59,60)/t32-,33-,37+,50?,51?/m1/s1. The Bertz CT molecular complexity index is 2450. The van der Waals surface area contributed by atoms with Crippen molar-refractivity contribution in [1.82, 2.24) is 4.98 Å². The number of fused-ring (bicyclic) bond motifs is 3. The van der Waals surface area contributed by atoms with Gasteiger partial charge in [-0.1, -0.05) is 67.9 Å². The van der Waals surface area contributed by atoms with E-state index in [0.717, 1.165) is 54.7 Å². The number of rotatable bonds is 15. The molecule has 4 aromatic carbocycles. The van der Waals surface area contributed by atoms with Gasteiger partial charge in [-0.3, -0.25) is 9.78 Å². The maximum atomic E-state index is 13.1. The van der Waals surface area contributed by atoms with Crippen LogP contribution in [-0.4, -0.2) is 45.2 Å². The highest BCUT2D eigenvalue weighted by Crippen LogP contribution is 2.57. The number of benzene rings is 4. The maximum Gasteiger partial charge on any atom is 0.336 e. The second-order valence-electron chi connectivity index (χ2n) is 17.7. The number of aromatic carboxylic acids is 1. The van der Waals surface area contributed by atoms with Gasteiger partial charge >= 0.3 is 11.9 Å². The van der Waals surface area contributed by atoms with Crippen LogP contribution in [0.15, 0.2) is 103 Å². The molecule has 0 radical (unpaired) electrons. The smallest absolute Gasteiger partial charge is 0.336 e. The summed E-state index contributed by atoms with van der Waals surface area (Å²) in [7, 11) is 0. The molecule has 0 unspecified atom stereocenters. The molecule has 1 spiro atoms. The fourth-order valence-electron chi connectivity index (χ4n) is 10.3. The van der Waals surface area contributed by atoms with Crippen molar-refractivity contribution >= 4 is 40.8 Å². The van der Waals surface area contributed by atoms with Crippen LogP contribution < -0.4 is 20.1 Å². The summed E-state index contributed by atoms with van der Waals surface area (Å²) in [5.74, 6) is 0.195. The minimum absolute atomic E-state index is 0.0311. The summed E-state index contributed by atoms with van der Waals surface area (Å²) < 4.78 is 13.0.